The summed E-state index contributed by atoms with van der Waals surface area (Å²) in [6.07, 6.45) is 6.50. The molecule has 1 spiro atoms. The Balaban J connectivity index is 1.33. The molecule has 0 aromatic heterocycles. The third kappa shape index (κ3) is 6.14. The summed E-state index contributed by atoms with van der Waals surface area (Å²) in [6, 6.07) is 6.47. The van der Waals surface area contributed by atoms with Gasteiger partial charge in [-0.2, -0.15) is 0 Å². The van der Waals surface area contributed by atoms with Crippen LogP contribution in [0.4, 0.5) is 10.5 Å². The minimum atomic E-state index is -2.91. The van der Waals surface area contributed by atoms with Crippen LogP contribution in [0.2, 0.25) is 0 Å². The maximum absolute atomic E-state index is 12.4. The second-order valence-corrected chi connectivity index (χ2v) is 13.3. The van der Waals surface area contributed by atoms with Gasteiger partial charge in [-0.3, -0.25) is 0 Å². The molecule has 0 N–H and O–H groups in total. The van der Waals surface area contributed by atoms with Crippen LogP contribution in [0.3, 0.4) is 0 Å². The fourth-order valence-electron chi connectivity index (χ4n) is 5.27. The summed E-state index contributed by atoms with van der Waals surface area (Å²) in [4.78, 5) is 16.5. The molecule has 0 radical (unpaired) electrons. The van der Waals surface area contributed by atoms with Crippen molar-refractivity contribution in [3.63, 3.8) is 0 Å². The van der Waals surface area contributed by atoms with Gasteiger partial charge >= 0.3 is 6.09 Å². The SMILES string of the molecule is CC(C)(C)OC(=O)N1CCC2(CCc3cc(N4CCC(CS(C)(=O)=O)CC4)ccc3O2)CC1. The van der Waals surface area contributed by atoms with Crippen molar-refractivity contribution < 1.29 is 22.7 Å². The Bertz CT molecular complexity index is 969. The Morgan fingerprint density at radius 2 is 1.79 bits per heavy atom. The van der Waals surface area contributed by atoms with E-state index in [9.17, 15) is 13.2 Å². The summed E-state index contributed by atoms with van der Waals surface area (Å²) >= 11 is 0. The highest BCUT2D eigenvalue weighted by molar-refractivity contribution is 7.90. The summed E-state index contributed by atoms with van der Waals surface area (Å²) in [5.41, 5.74) is 1.77. The number of piperidine rings is 2. The van der Waals surface area contributed by atoms with Crippen LogP contribution >= 0.6 is 0 Å². The summed E-state index contributed by atoms with van der Waals surface area (Å²) in [5, 5.41) is 0. The van der Waals surface area contributed by atoms with Crippen LogP contribution in [0.1, 0.15) is 58.4 Å². The normalized spacial score (nSPS) is 21.5. The Morgan fingerprint density at radius 3 is 2.39 bits per heavy atom. The lowest BCUT2D eigenvalue weighted by atomic mass is 9.83. The highest BCUT2D eigenvalue weighted by Crippen LogP contribution is 2.41. The Kier molecular flexibility index (Phi) is 6.60. The van der Waals surface area contributed by atoms with E-state index in [1.807, 2.05) is 20.8 Å². The van der Waals surface area contributed by atoms with Gasteiger partial charge < -0.3 is 19.3 Å². The first kappa shape index (κ1) is 24.2. The number of sulfone groups is 1. The molecule has 4 rings (SSSR count). The molecule has 184 valence electrons. The van der Waals surface area contributed by atoms with Gasteiger partial charge in [0.15, 0.2) is 0 Å². The first-order chi connectivity index (χ1) is 15.4. The van der Waals surface area contributed by atoms with Crippen molar-refractivity contribution in [1.29, 1.82) is 0 Å². The number of rotatable bonds is 3. The maximum Gasteiger partial charge on any atom is 0.410 e. The Morgan fingerprint density at radius 1 is 1.12 bits per heavy atom. The van der Waals surface area contributed by atoms with Gasteiger partial charge in [0.2, 0.25) is 0 Å². The van der Waals surface area contributed by atoms with Crippen molar-refractivity contribution in [3.8, 4) is 5.75 Å². The minimum Gasteiger partial charge on any atom is -0.487 e. The molecule has 0 aliphatic carbocycles. The first-order valence-corrected chi connectivity index (χ1v) is 14.2. The number of nitrogens with zero attached hydrogens (tertiary/aromatic N) is 2. The maximum atomic E-state index is 12.4. The molecule has 8 heteroatoms. The number of likely N-dealkylation sites (tertiary alicyclic amines) is 1. The van der Waals surface area contributed by atoms with E-state index in [1.165, 1.54) is 17.5 Å². The summed E-state index contributed by atoms with van der Waals surface area (Å²) in [7, 11) is -2.91. The predicted molar refractivity (Wildman–Crippen MR) is 130 cm³/mol. The molecule has 2 saturated heterocycles. The van der Waals surface area contributed by atoms with Gasteiger partial charge in [-0.1, -0.05) is 0 Å². The molecule has 33 heavy (non-hydrogen) atoms. The number of anilines is 1. The van der Waals surface area contributed by atoms with E-state index in [1.54, 1.807) is 4.90 Å². The zero-order valence-corrected chi connectivity index (χ0v) is 21.2. The molecule has 1 aromatic rings. The molecule has 0 atom stereocenters. The first-order valence-electron chi connectivity index (χ1n) is 12.1. The van der Waals surface area contributed by atoms with Gasteiger partial charge in [-0.05, 0) is 76.1 Å². The van der Waals surface area contributed by atoms with Crippen molar-refractivity contribution in [3.05, 3.63) is 23.8 Å². The van der Waals surface area contributed by atoms with Gasteiger partial charge in [0.1, 0.15) is 26.8 Å². The van der Waals surface area contributed by atoms with Gasteiger partial charge in [0.25, 0.3) is 0 Å². The lowest BCUT2D eigenvalue weighted by Crippen LogP contribution is -2.52. The van der Waals surface area contributed by atoms with Crippen LogP contribution in [0, 0.1) is 5.92 Å². The number of aryl methyl sites for hydroxylation is 1. The van der Waals surface area contributed by atoms with E-state index in [4.69, 9.17) is 9.47 Å². The summed E-state index contributed by atoms with van der Waals surface area (Å²) < 4.78 is 35.2. The van der Waals surface area contributed by atoms with E-state index >= 15 is 0 Å². The van der Waals surface area contributed by atoms with Gasteiger partial charge in [0.05, 0.1) is 5.75 Å². The third-order valence-electron chi connectivity index (χ3n) is 7.06. The number of carbonyl (C=O) groups is 1. The average Bonchev–Trinajstić information content (AvgIpc) is 2.72. The second-order valence-electron chi connectivity index (χ2n) is 11.1. The van der Waals surface area contributed by atoms with Crippen LogP contribution in [0.15, 0.2) is 18.2 Å². The molecule has 3 aliphatic rings. The van der Waals surface area contributed by atoms with Gasteiger partial charge in [-0.15, -0.1) is 0 Å². The fourth-order valence-corrected chi connectivity index (χ4v) is 6.46. The molecule has 0 unspecified atom stereocenters. The molecule has 1 aromatic carbocycles. The Labute approximate surface area is 198 Å². The average molecular weight is 479 g/mol. The number of carbonyl (C=O) groups excluding carboxylic acids is 1. The minimum absolute atomic E-state index is 0.197. The van der Waals surface area contributed by atoms with Crippen LogP contribution in [0.5, 0.6) is 5.75 Å². The number of amides is 1. The molecule has 0 bridgehead atoms. The lowest BCUT2D eigenvalue weighted by Gasteiger charge is -2.44. The van der Waals surface area contributed by atoms with E-state index in [-0.39, 0.29) is 17.6 Å². The highest BCUT2D eigenvalue weighted by atomic mass is 32.2. The number of ether oxygens (including phenoxy) is 2. The monoisotopic (exact) mass is 478 g/mol. The second kappa shape index (κ2) is 9.01. The van der Waals surface area contributed by atoms with E-state index in [2.05, 4.69) is 23.1 Å². The van der Waals surface area contributed by atoms with Crippen molar-refractivity contribution in [1.82, 2.24) is 4.90 Å². The van der Waals surface area contributed by atoms with Crippen LogP contribution in [-0.4, -0.2) is 68.8 Å². The van der Waals surface area contributed by atoms with Crippen molar-refractivity contribution >= 4 is 21.6 Å². The predicted octanol–water partition coefficient (Wildman–Crippen LogP) is 4.04. The topological polar surface area (TPSA) is 76.2 Å². The smallest absolute Gasteiger partial charge is 0.410 e. The van der Waals surface area contributed by atoms with Gasteiger partial charge in [-0.25, -0.2) is 13.2 Å². The van der Waals surface area contributed by atoms with E-state index in [0.29, 0.717) is 18.8 Å². The van der Waals surface area contributed by atoms with Crippen LogP contribution < -0.4 is 9.64 Å². The molecule has 3 heterocycles. The Hall–Kier alpha value is -1.96. The number of benzene rings is 1. The molecular weight excluding hydrogens is 440 g/mol. The fraction of sp³-hybridized carbons (Fsp3) is 0.720. The van der Waals surface area contributed by atoms with Gasteiger partial charge in [0, 0.05) is 51.0 Å². The number of hydrogen-bond acceptors (Lipinski definition) is 6. The van der Waals surface area contributed by atoms with E-state index in [0.717, 1.165) is 57.4 Å². The number of hydrogen-bond donors (Lipinski definition) is 0. The van der Waals surface area contributed by atoms with Crippen LogP contribution in [-0.2, 0) is 21.0 Å². The molecule has 2 fully saturated rings. The highest BCUT2D eigenvalue weighted by Gasteiger charge is 2.41. The van der Waals surface area contributed by atoms with Crippen molar-refractivity contribution in [2.75, 3.05) is 43.1 Å². The van der Waals surface area contributed by atoms with E-state index < -0.39 is 15.4 Å². The number of fused-ring (bicyclic) bond motifs is 1. The molecule has 1 amide bonds. The zero-order valence-electron chi connectivity index (χ0n) is 20.4. The zero-order chi connectivity index (χ0) is 23.9. The lowest BCUT2D eigenvalue weighted by molar-refractivity contribution is -0.0272. The van der Waals surface area contributed by atoms with Crippen molar-refractivity contribution in [2.45, 2.75) is 70.5 Å². The quantitative estimate of drug-likeness (QED) is 0.653. The van der Waals surface area contributed by atoms with Crippen molar-refractivity contribution in [2.24, 2.45) is 5.92 Å². The van der Waals surface area contributed by atoms with Crippen LogP contribution in [0.25, 0.3) is 0 Å². The molecule has 0 saturated carbocycles. The summed E-state index contributed by atoms with van der Waals surface area (Å²) in [6.45, 7) is 8.78. The largest absolute Gasteiger partial charge is 0.487 e. The molecule has 3 aliphatic heterocycles. The summed E-state index contributed by atoms with van der Waals surface area (Å²) in [5.74, 6) is 1.53. The molecule has 7 nitrogen and oxygen atoms in total. The standard InChI is InChI=1S/C25H38N2O5S/c1-24(2,3)32-23(28)27-15-11-25(12-16-27)10-7-20-17-21(5-6-22(20)31-25)26-13-8-19(9-14-26)18-33(4,29)30/h5-6,17,19H,7-16,18H2,1-4H3. The molecular formula is C25H38N2O5S. The third-order valence-corrected chi connectivity index (χ3v) is 8.14.